The molecule has 0 saturated heterocycles. The maximum atomic E-state index is 5.93. The zero-order valence-electron chi connectivity index (χ0n) is 13.3. The molecule has 0 fully saturated rings. The summed E-state index contributed by atoms with van der Waals surface area (Å²) in [4.78, 5) is 1.42. The topological polar surface area (TPSA) is 21.3 Å². The largest absolute Gasteiger partial charge is 0.377 e. The number of rotatable bonds is 10. The lowest BCUT2D eigenvalue weighted by atomic mass is 10.1. The second kappa shape index (κ2) is 9.19. The van der Waals surface area contributed by atoms with Crippen molar-refractivity contribution < 1.29 is 4.74 Å². The van der Waals surface area contributed by atoms with Crippen LogP contribution in [-0.2, 0) is 17.9 Å². The molecular formula is C18H27NOS. The van der Waals surface area contributed by atoms with Gasteiger partial charge in [-0.25, -0.2) is 0 Å². The van der Waals surface area contributed by atoms with Crippen molar-refractivity contribution >= 4 is 21.4 Å². The molecule has 1 heterocycles. The second-order valence-electron chi connectivity index (χ2n) is 5.39. The molecule has 2 nitrogen and oxygen atoms in total. The fraction of sp³-hybridized carbons (Fsp3) is 0.556. The third kappa shape index (κ3) is 4.80. The van der Waals surface area contributed by atoms with Crippen LogP contribution in [0.25, 0.3) is 10.1 Å². The van der Waals surface area contributed by atoms with E-state index in [-0.39, 0.29) is 0 Å². The van der Waals surface area contributed by atoms with Gasteiger partial charge in [0, 0.05) is 28.3 Å². The lowest BCUT2D eigenvalue weighted by molar-refractivity contribution is 0.117. The summed E-state index contributed by atoms with van der Waals surface area (Å²) >= 11 is 1.89. The quantitative estimate of drug-likeness (QED) is 0.616. The summed E-state index contributed by atoms with van der Waals surface area (Å²) in [6, 6.07) is 8.67. The van der Waals surface area contributed by atoms with Gasteiger partial charge in [0.25, 0.3) is 0 Å². The summed E-state index contributed by atoms with van der Waals surface area (Å²) in [7, 11) is 0. The Balaban J connectivity index is 1.98. The molecule has 0 saturated carbocycles. The molecule has 0 aliphatic rings. The first-order valence-electron chi connectivity index (χ1n) is 8.14. The van der Waals surface area contributed by atoms with Crippen molar-refractivity contribution in [2.45, 2.75) is 52.7 Å². The number of ether oxygens (including phenoxy) is 1. The normalized spacial score (nSPS) is 11.3. The highest BCUT2D eigenvalue weighted by atomic mass is 32.1. The van der Waals surface area contributed by atoms with Crippen molar-refractivity contribution in [2.24, 2.45) is 0 Å². The first kappa shape index (κ1) is 16.5. The van der Waals surface area contributed by atoms with Crippen LogP contribution >= 0.6 is 11.3 Å². The molecule has 0 spiro atoms. The lowest BCUT2D eigenvalue weighted by Crippen LogP contribution is -2.12. The number of benzene rings is 1. The van der Waals surface area contributed by atoms with E-state index in [1.165, 1.54) is 46.2 Å². The van der Waals surface area contributed by atoms with Crippen LogP contribution in [0.2, 0.25) is 0 Å². The molecule has 21 heavy (non-hydrogen) atoms. The van der Waals surface area contributed by atoms with Crippen LogP contribution in [-0.4, -0.2) is 13.2 Å². The van der Waals surface area contributed by atoms with Crippen LogP contribution in [0.5, 0.6) is 0 Å². The minimum absolute atomic E-state index is 0.747. The lowest BCUT2D eigenvalue weighted by Gasteiger charge is -2.07. The average molecular weight is 305 g/mol. The van der Waals surface area contributed by atoms with Crippen LogP contribution in [0, 0.1) is 0 Å². The predicted molar refractivity (Wildman–Crippen MR) is 93.0 cm³/mol. The van der Waals surface area contributed by atoms with Gasteiger partial charge in [-0.05, 0) is 24.4 Å². The molecule has 0 bridgehead atoms. The van der Waals surface area contributed by atoms with E-state index in [0.717, 1.165) is 26.3 Å². The van der Waals surface area contributed by atoms with Crippen LogP contribution in [0.15, 0.2) is 24.3 Å². The minimum Gasteiger partial charge on any atom is -0.377 e. The summed E-state index contributed by atoms with van der Waals surface area (Å²) in [5.41, 5.74) is 1.38. The number of fused-ring (bicyclic) bond motifs is 1. The van der Waals surface area contributed by atoms with Crippen molar-refractivity contribution in [1.82, 2.24) is 5.32 Å². The zero-order chi connectivity index (χ0) is 14.9. The molecule has 1 aromatic carbocycles. The predicted octanol–water partition coefficient (Wildman–Crippen LogP) is 5.11. The van der Waals surface area contributed by atoms with E-state index in [9.17, 15) is 0 Å². The Morgan fingerprint density at radius 2 is 1.95 bits per heavy atom. The Kier molecular flexibility index (Phi) is 7.20. The number of hydrogen-bond acceptors (Lipinski definition) is 3. The molecule has 0 aliphatic carbocycles. The smallest absolute Gasteiger partial charge is 0.0734 e. The zero-order valence-corrected chi connectivity index (χ0v) is 14.1. The van der Waals surface area contributed by atoms with Gasteiger partial charge in [-0.15, -0.1) is 11.3 Å². The summed E-state index contributed by atoms with van der Waals surface area (Å²) in [6.45, 7) is 7.97. The fourth-order valence-electron chi connectivity index (χ4n) is 2.49. The second-order valence-corrected chi connectivity index (χ2v) is 6.53. The average Bonchev–Trinajstić information content (AvgIpc) is 2.86. The summed E-state index contributed by atoms with van der Waals surface area (Å²) in [5.74, 6) is 0. The van der Waals surface area contributed by atoms with Gasteiger partial charge in [0.05, 0.1) is 6.61 Å². The van der Waals surface area contributed by atoms with Crippen LogP contribution in [0.4, 0.5) is 0 Å². The SMILES string of the molecule is CCCCCCOCc1c(CNCC)sc2ccccc12. The number of nitrogens with one attached hydrogen (secondary N) is 1. The molecule has 0 aliphatic heterocycles. The molecule has 116 valence electrons. The Morgan fingerprint density at radius 1 is 1.10 bits per heavy atom. The van der Waals surface area contributed by atoms with E-state index in [4.69, 9.17) is 4.74 Å². The van der Waals surface area contributed by atoms with Crippen LogP contribution < -0.4 is 5.32 Å². The van der Waals surface area contributed by atoms with E-state index < -0.39 is 0 Å². The highest BCUT2D eigenvalue weighted by Gasteiger charge is 2.11. The molecule has 1 aromatic heterocycles. The fourth-order valence-corrected chi connectivity index (χ4v) is 3.67. The highest BCUT2D eigenvalue weighted by molar-refractivity contribution is 7.19. The molecule has 3 heteroatoms. The maximum Gasteiger partial charge on any atom is 0.0734 e. The van der Waals surface area contributed by atoms with E-state index in [1.807, 2.05) is 11.3 Å². The minimum atomic E-state index is 0.747. The van der Waals surface area contributed by atoms with Gasteiger partial charge < -0.3 is 10.1 Å². The molecule has 0 atom stereocenters. The van der Waals surface area contributed by atoms with Gasteiger partial charge in [-0.3, -0.25) is 0 Å². The van der Waals surface area contributed by atoms with Gasteiger partial charge in [0.2, 0.25) is 0 Å². The molecular weight excluding hydrogens is 278 g/mol. The van der Waals surface area contributed by atoms with Gasteiger partial charge in [0.1, 0.15) is 0 Å². The third-order valence-corrected chi connectivity index (χ3v) is 4.92. The van der Waals surface area contributed by atoms with Gasteiger partial charge in [-0.1, -0.05) is 51.3 Å². The van der Waals surface area contributed by atoms with E-state index in [0.29, 0.717) is 0 Å². The standard InChI is InChI=1S/C18H27NOS/c1-3-5-6-9-12-20-14-16-15-10-7-8-11-17(15)21-18(16)13-19-4-2/h7-8,10-11,19H,3-6,9,12-14H2,1-2H3. The van der Waals surface area contributed by atoms with Gasteiger partial charge in [0.15, 0.2) is 0 Å². The molecule has 0 radical (unpaired) electrons. The number of hydrogen-bond donors (Lipinski definition) is 1. The van der Waals surface area contributed by atoms with Crippen molar-refractivity contribution in [2.75, 3.05) is 13.2 Å². The summed E-state index contributed by atoms with van der Waals surface area (Å²) in [6.07, 6.45) is 5.06. The van der Waals surface area contributed by atoms with E-state index in [2.05, 4.69) is 43.4 Å². The first-order valence-corrected chi connectivity index (χ1v) is 8.96. The molecule has 0 unspecified atom stereocenters. The Labute approximate surface area is 132 Å². The maximum absolute atomic E-state index is 5.93. The molecule has 1 N–H and O–H groups in total. The number of thiophene rings is 1. The third-order valence-electron chi connectivity index (χ3n) is 3.71. The van der Waals surface area contributed by atoms with Gasteiger partial charge in [-0.2, -0.15) is 0 Å². The highest BCUT2D eigenvalue weighted by Crippen LogP contribution is 2.31. The number of unbranched alkanes of at least 4 members (excludes halogenated alkanes) is 3. The van der Waals surface area contributed by atoms with Crippen molar-refractivity contribution in [3.8, 4) is 0 Å². The molecule has 2 rings (SSSR count). The summed E-state index contributed by atoms with van der Waals surface area (Å²) in [5, 5.41) is 4.80. The molecule has 2 aromatic rings. The van der Waals surface area contributed by atoms with E-state index >= 15 is 0 Å². The van der Waals surface area contributed by atoms with Crippen molar-refractivity contribution in [3.63, 3.8) is 0 Å². The van der Waals surface area contributed by atoms with Gasteiger partial charge >= 0.3 is 0 Å². The van der Waals surface area contributed by atoms with Crippen LogP contribution in [0.1, 0.15) is 50.0 Å². The summed E-state index contributed by atoms with van der Waals surface area (Å²) < 4.78 is 7.30. The Bertz CT molecular complexity index is 535. The van der Waals surface area contributed by atoms with E-state index in [1.54, 1.807) is 0 Å². The Morgan fingerprint density at radius 3 is 2.76 bits per heavy atom. The first-order chi connectivity index (χ1) is 10.4. The monoisotopic (exact) mass is 305 g/mol. The Hall–Kier alpha value is -0.900. The van der Waals surface area contributed by atoms with Crippen LogP contribution in [0.3, 0.4) is 0 Å². The van der Waals surface area contributed by atoms with Crippen molar-refractivity contribution in [3.05, 3.63) is 34.7 Å². The molecule has 0 amide bonds. The van der Waals surface area contributed by atoms with Crippen molar-refractivity contribution in [1.29, 1.82) is 0 Å².